The fraction of sp³-hybridized carbons (Fsp3) is 0.111. The van der Waals surface area contributed by atoms with Crippen molar-refractivity contribution >= 4 is 28.9 Å². The summed E-state index contributed by atoms with van der Waals surface area (Å²) in [4.78, 5) is 12.1. The van der Waals surface area contributed by atoms with Crippen LogP contribution in [0.5, 0.6) is 0 Å². The van der Waals surface area contributed by atoms with Gasteiger partial charge in [-0.1, -0.05) is 41.4 Å². The molecule has 0 saturated heterocycles. The van der Waals surface area contributed by atoms with Gasteiger partial charge in [-0.2, -0.15) is 5.26 Å². The van der Waals surface area contributed by atoms with Crippen LogP contribution in [0.1, 0.15) is 11.1 Å². The minimum absolute atomic E-state index is 0.0463. The van der Waals surface area contributed by atoms with Crippen molar-refractivity contribution in [2.24, 2.45) is 0 Å². The Morgan fingerprint density at radius 1 is 1.29 bits per heavy atom. The summed E-state index contributed by atoms with van der Waals surface area (Å²) in [5, 5.41) is 15.0. The van der Waals surface area contributed by atoms with Crippen molar-refractivity contribution in [2.75, 3.05) is 11.1 Å². The first-order chi connectivity index (χ1) is 11.5. The Bertz CT molecular complexity index is 807. The molecule has 2 aromatic carbocycles. The molecule has 1 amide bonds. The Hall–Kier alpha value is -2.97. The first-order valence-electron chi connectivity index (χ1n) is 7.25. The number of amides is 1. The maximum atomic E-state index is 12.1. The van der Waals surface area contributed by atoms with Crippen LogP contribution in [0.2, 0.25) is 5.02 Å². The predicted octanol–water partition coefficient (Wildman–Crippen LogP) is 3.37. The zero-order valence-electron chi connectivity index (χ0n) is 13.1. The lowest BCUT2D eigenvalue weighted by Gasteiger charge is -2.08. The molecule has 2 aromatic rings. The van der Waals surface area contributed by atoms with E-state index in [1.807, 2.05) is 37.3 Å². The molecular weight excluding hydrogens is 324 g/mol. The first kappa shape index (κ1) is 17.4. The number of carbonyl (C=O) groups is 1. The van der Waals surface area contributed by atoms with E-state index >= 15 is 0 Å². The Morgan fingerprint density at radius 3 is 2.62 bits per heavy atom. The largest absolute Gasteiger partial charge is 0.399 e. The van der Waals surface area contributed by atoms with Crippen molar-refractivity contribution in [1.29, 1.82) is 5.26 Å². The zero-order valence-corrected chi connectivity index (χ0v) is 13.9. The molecule has 0 fully saturated rings. The Kier molecular flexibility index (Phi) is 5.83. The van der Waals surface area contributed by atoms with Crippen LogP contribution in [-0.2, 0) is 11.3 Å². The van der Waals surface area contributed by atoms with E-state index in [1.54, 1.807) is 12.1 Å². The molecule has 0 spiro atoms. The number of nitrogens with one attached hydrogen (secondary N) is 2. The van der Waals surface area contributed by atoms with E-state index in [1.165, 1.54) is 17.8 Å². The van der Waals surface area contributed by atoms with Gasteiger partial charge in [0.05, 0.1) is 10.7 Å². The van der Waals surface area contributed by atoms with Crippen LogP contribution in [0.25, 0.3) is 0 Å². The van der Waals surface area contributed by atoms with Gasteiger partial charge in [0.2, 0.25) is 0 Å². The summed E-state index contributed by atoms with van der Waals surface area (Å²) < 4.78 is 0. The van der Waals surface area contributed by atoms with Gasteiger partial charge in [-0.15, -0.1) is 0 Å². The number of nitrogens with two attached hydrogens (primary N) is 1. The van der Waals surface area contributed by atoms with Gasteiger partial charge in [-0.05, 0) is 30.7 Å². The van der Waals surface area contributed by atoms with Gasteiger partial charge >= 0.3 is 0 Å². The van der Waals surface area contributed by atoms with Crippen LogP contribution in [-0.4, -0.2) is 5.91 Å². The predicted molar refractivity (Wildman–Crippen MR) is 96.2 cm³/mol. The fourth-order valence-corrected chi connectivity index (χ4v) is 2.18. The molecule has 4 N–H and O–H groups in total. The third kappa shape index (κ3) is 4.77. The van der Waals surface area contributed by atoms with Crippen LogP contribution in [0, 0.1) is 18.3 Å². The number of hydrogen-bond donors (Lipinski definition) is 3. The van der Waals surface area contributed by atoms with E-state index in [-0.39, 0.29) is 5.57 Å². The molecule has 0 aliphatic rings. The van der Waals surface area contributed by atoms with Crippen molar-refractivity contribution in [3.8, 4) is 6.07 Å². The number of rotatable bonds is 5. The first-order valence-corrected chi connectivity index (χ1v) is 7.63. The highest BCUT2D eigenvalue weighted by molar-refractivity contribution is 6.34. The van der Waals surface area contributed by atoms with Crippen molar-refractivity contribution in [2.45, 2.75) is 13.5 Å². The average molecular weight is 341 g/mol. The van der Waals surface area contributed by atoms with Crippen LogP contribution in [0.3, 0.4) is 0 Å². The maximum Gasteiger partial charge on any atom is 0.267 e. The molecule has 122 valence electrons. The molecule has 0 aliphatic carbocycles. The van der Waals surface area contributed by atoms with Crippen molar-refractivity contribution in [1.82, 2.24) is 5.32 Å². The molecule has 0 aliphatic heterocycles. The van der Waals surface area contributed by atoms with Gasteiger partial charge < -0.3 is 16.4 Å². The molecule has 0 radical (unpaired) electrons. The van der Waals surface area contributed by atoms with E-state index < -0.39 is 5.91 Å². The van der Waals surface area contributed by atoms with Gasteiger partial charge in [-0.3, -0.25) is 4.79 Å². The minimum Gasteiger partial charge on any atom is -0.399 e. The molecule has 24 heavy (non-hydrogen) atoms. The van der Waals surface area contributed by atoms with Crippen molar-refractivity contribution in [3.63, 3.8) is 0 Å². The molecule has 0 atom stereocenters. The second-order valence-electron chi connectivity index (χ2n) is 5.23. The number of nitrogens with zero attached hydrogens (tertiary/aromatic N) is 1. The van der Waals surface area contributed by atoms with E-state index in [2.05, 4.69) is 10.6 Å². The number of halogens is 1. The molecule has 0 aromatic heterocycles. The molecule has 0 unspecified atom stereocenters. The lowest BCUT2D eigenvalue weighted by atomic mass is 10.1. The number of nitriles is 1. The van der Waals surface area contributed by atoms with Crippen LogP contribution >= 0.6 is 11.6 Å². The summed E-state index contributed by atoms with van der Waals surface area (Å²) in [5.41, 5.74) is 8.68. The molecule has 2 rings (SSSR count). The Balaban J connectivity index is 2.00. The van der Waals surface area contributed by atoms with Gasteiger partial charge in [0.1, 0.15) is 11.6 Å². The summed E-state index contributed by atoms with van der Waals surface area (Å²) >= 11 is 6.01. The molecule has 0 heterocycles. The SMILES string of the molecule is Cc1ccc(CN/C=C(/C#N)C(=O)Nc2ccc(N)cc2Cl)cc1. The Labute approximate surface area is 145 Å². The van der Waals surface area contributed by atoms with E-state index in [9.17, 15) is 4.79 Å². The molecule has 6 heteroatoms. The summed E-state index contributed by atoms with van der Waals surface area (Å²) in [5.74, 6) is -0.541. The maximum absolute atomic E-state index is 12.1. The molecule has 0 bridgehead atoms. The van der Waals surface area contributed by atoms with Gasteiger partial charge in [-0.25, -0.2) is 0 Å². The number of benzene rings is 2. The zero-order chi connectivity index (χ0) is 17.5. The van der Waals surface area contributed by atoms with Gasteiger partial charge in [0.15, 0.2) is 0 Å². The van der Waals surface area contributed by atoms with Gasteiger partial charge in [0.25, 0.3) is 5.91 Å². The molecule has 5 nitrogen and oxygen atoms in total. The van der Waals surface area contributed by atoms with E-state index in [4.69, 9.17) is 22.6 Å². The summed E-state index contributed by atoms with van der Waals surface area (Å²) in [7, 11) is 0. The van der Waals surface area contributed by atoms with Crippen LogP contribution in [0.4, 0.5) is 11.4 Å². The van der Waals surface area contributed by atoms with E-state index in [0.717, 1.165) is 5.56 Å². The highest BCUT2D eigenvalue weighted by Gasteiger charge is 2.11. The Morgan fingerprint density at radius 2 is 2.00 bits per heavy atom. The lowest BCUT2D eigenvalue weighted by Crippen LogP contribution is -2.17. The van der Waals surface area contributed by atoms with Crippen LogP contribution in [0.15, 0.2) is 54.2 Å². The quantitative estimate of drug-likeness (QED) is 0.442. The summed E-state index contributed by atoms with van der Waals surface area (Å²) in [6.45, 7) is 2.53. The topological polar surface area (TPSA) is 90.9 Å². The number of nitrogen functional groups attached to an aromatic ring is 1. The monoisotopic (exact) mass is 340 g/mol. The van der Waals surface area contributed by atoms with E-state index in [0.29, 0.717) is 22.9 Å². The number of aryl methyl sites for hydroxylation is 1. The third-order valence-electron chi connectivity index (χ3n) is 3.28. The lowest BCUT2D eigenvalue weighted by molar-refractivity contribution is -0.112. The van der Waals surface area contributed by atoms with Crippen molar-refractivity contribution in [3.05, 3.63) is 70.4 Å². The molecule has 0 saturated carbocycles. The second kappa shape index (κ2) is 8.04. The number of carbonyl (C=O) groups excluding carboxylic acids is 1. The molecular formula is C18H17ClN4O. The third-order valence-corrected chi connectivity index (χ3v) is 3.59. The number of hydrogen-bond acceptors (Lipinski definition) is 4. The number of anilines is 2. The second-order valence-corrected chi connectivity index (χ2v) is 5.64. The minimum atomic E-state index is -0.541. The summed E-state index contributed by atoms with van der Waals surface area (Å²) in [6.07, 6.45) is 1.39. The highest BCUT2D eigenvalue weighted by Crippen LogP contribution is 2.24. The standard InChI is InChI=1S/C18H17ClN4O/c1-12-2-4-13(5-3-12)10-22-11-14(9-20)18(24)23-17-7-6-15(21)8-16(17)19/h2-8,11,22H,10,21H2,1H3,(H,23,24)/b14-11-. The van der Waals surface area contributed by atoms with Crippen molar-refractivity contribution < 1.29 is 4.79 Å². The summed E-state index contributed by atoms with van der Waals surface area (Å²) in [6, 6.07) is 14.6. The van der Waals surface area contributed by atoms with Crippen LogP contribution < -0.4 is 16.4 Å². The highest BCUT2D eigenvalue weighted by atomic mass is 35.5. The average Bonchev–Trinajstić information content (AvgIpc) is 2.56. The fourth-order valence-electron chi connectivity index (χ4n) is 1.95. The normalized spacial score (nSPS) is 10.8. The smallest absolute Gasteiger partial charge is 0.267 e. The van der Waals surface area contributed by atoms with Gasteiger partial charge in [0, 0.05) is 18.4 Å².